The predicted molar refractivity (Wildman–Crippen MR) is 130 cm³/mol. The number of rotatable bonds is 7. The van der Waals surface area contributed by atoms with E-state index in [1.54, 1.807) is 12.5 Å². The fraction of sp³-hybridized carbons (Fsp3) is 0.458. The molecule has 1 saturated heterocycles. The average Bonchev–Trinajstić information content (AvgIpc) is 3.60. The number of halogens is 3. The fourth-order valence-corrected chi connectivity index (χ4v) is 4.89. The van der Waals surface area contributed by atoms with E-state index in [4.69, 9.17) is 0 Å². The highest BCUT2D eigenvalue weighted by Crippen LogP contribution is 2.32. The highest BCUT2D eigenvalue weighted by Gasteiger charge is 2.36. The molecule has 5 heterocycles. The molecule has 1 amide bonds. The molecule has 198 valence electrons. The van der Waals surface area contributed by atoms with Crippen LogP contribution in [0.25, 0.3) is 0 Å². The Kier molecular flexibility index (Phi) is 7.19. The van der Waals surface area contributed by atoms with E-state index < -0.39 is 17.9 Å². The van der Waals surface area contributed by atoms with Gasteiger partial charge in [-0.3, -0.25) is 19.4 Å². The quantitative estimate of drug-likeness (QED) is 0.585. The summed E-state index contributed by atoms with van der Waals surface area (Å²) >= 11 is 0. The molecule has 38 heavy (non-hydrogen) atoms. The SMILES string of the molecule is N#CCC[C@@H](Cn1cc(C2N=CN=C3NC=CC32)cn1)N1CCN(C(=O)c2ccnc(C(F)(F)F)n2)CC1. The van der Waals surface area contributed by atoms with Gasteiger partial charge in [-0.05, 0) is 18.7 Å². The molecule has 2 aromatic rings. The molecule has 0 aliphatic carbocycles. The van der Waals surface area contributed by atoms with E-state index in [0.29, 0.717) is 45.6 Å². The number of aromatic nitrogens is 4. The lowest BCUT2D eigenvalue weighted by Gasteiger charge is -2.39. The van der Waals surface area contributed by atoms with Gasteiger partial charge in [0.05, 0.1) is 30.8 Å². The van der Waals surface area contributed by atoms with Crippen molar-refractivity contribution in [1.29, 1.82) is 5.26 Å². The van der Waals surface area contributed by atoms with Crippen LogP contribution in [0, 0.1) is 17.2 Å². The molecule has 3 atom stereocenters. The van der Waals surface area contributed by atoms with Crippen molar-refractivity contribution in [2.75, 3.05) is 26.2 Å². The Morgan fingerprint density at radius 3 is 2.84 bits per heavy atom. The number of fused-ring (bicyclic) bond motifs is 1. The number of hydrogen-bond acceptors (Lipinski definition) is 9. The molecule has 0 bridgehead atoms. The number of nitrogens with zero attached hydrogens (tertiary/aromatic N) is 9. The normalized spacial score (nSPS) is 21.9. The molecule has 3 aliphatic rings. The third kappa shape index (κ3) is 5.42. The lowest BCUT2D eigenvalue weighted by atomic mass is 9.95. The van der Waals surface area contributed by atoms with E-state index >= 15 is 0 Å². The third-order valence-electron chi connectivity index (χ3n) is 6.84. The van der Waals surface area contributed by atoms with Crippen LogP contribution >= 0.6 is 0 Å². The highest BCUT2D eigenvalue weighted by molar-refractivity contribution is 5.96. The van der Waals surface area contributed by atoms with E-state index in [2.05, 4.69) is 41.3 Å². The first kappa shape index (κ1) is 25.5. The van der Waals surface area contributed by atoms with Crippen molar-refractivity contribution < 1.29 is 18.0 Å². The van der Waals surface area contributed by atoms with Crippen molar-refractivity contribution in [2.45, 2.75) is 37.6 Å². The summed E-state index contributed by atoms with van der Waals surface area (Å²) < 4.78 is 40.7. The molecule has 2 unspecified atom stereocenters. The van der Waals surface area contributed by atoms with Gasteiger partial charge < -0.3 is 10.2 Å². The van der Waals surface area contributed by atoms with Crippen molar-refractivity contribution in [3.8, 4) is 6.07 Å². The zero-order valence-electron chi connectivity index (χ0n) is 20.3. The summed E-state index contributed by atoms with van der Waals surface area (Å²) in [5, 5.41) is 16.8. The van der Waals surface area contributed by atoms with Gasteiger partial charge in [0.25, 0.3) is 5.91 Å². The first-order valence-corrected chi connectivity index (χ1v) is 12.2. The van der Waals surface area contributed by atoms with Crippen molar-refractivity contribution in [2.24, 2.45) is 15.9 Å². The second-order valence-corrected chi connectivity index (χ2v) is 9.19. The minimum atomic E-state index is -4.72. The Balaban J connectivity index is 1.22. The van der Waals surface area contributed by atoms with Crippen LogP contribution in [0.15, 0.2) is 46.9 Å². The summed E-state index contributed by atoms with van der Waals surface area (Å²) in [6, 6.07) is 3.27. The lowest BCUT2D eigenvalue weighted by molar-refractivity contribution is -0.145. The molecule has 14 heteroatoms. The molecule has 0 radical (unpaired) electrons. The summed E-state index contributed by atoms with van der Waals surface area (Å²) in [7, 11) is 0. The van der Waals surface area contributed by atoms with Crippen LogP contribution < -0.4 is 5.32 Å². The molecule has 2 aromatic heterocycles. The third-order valence-corrected chi connectivity index (χ3v) is 6.84. The minimum absolute atomic E-state index is 0.00411. The summed E-state index contributed by atoms with van der Waals surface area (Å²) in [5.41, 5.74) is 0.682. The smallest absolute Gasteiger partial charge is 0.350 e. The van der Waals surface area contributed by atoms with Crippen LogP contribution in [-0.4, -0.2) is 79.9 Å². The Bertz CT molecular complexity index is 1300. The summed E-state index contributed by atoms with van der Waals surface area (Å²) in [4.78, 5) is 31.9. The average molecular weight is 527 g/mol. The second kappa shape index (κ2) is 10.7. The molecule has 0 aromatic carbocycles. The van der Waals surface area contributed by atoms with Crippen LogP contribution in [0.2, 0.25) is 0 Å². The van der Waals surface area contributed by atoms with Gasteiger partial charge in [0.15, 0.2) is 0 Å². The van der Waals surface area contributed by atoms with Crippen LogP contribution in [0.1, 0.15) is 40.8 Å². The van der Waals surface area contributed by atoms with Gasteiger partial charge in [-0.25, -0.2) is 15.0 Å². The molecule has 0 saturated carbocycles. The Morgan fingerprint density at radius 2 is 2.08 bits per heavy atom. The molecular formula is C24H25F3N10O. The van der Waals surface area contributed by atoms with Gasteiger partial charge in [-0.1, -0.05) is 6.08 Å². The first-order chi connectivity index (χ1) is 18.3. The Hall–Kier alpha value is -4.12. The van der Waals surface area contributed by atoms with Gasteiger partial charge in [0.1, 0.15) is 17.9 Å². The van der Waals surface area contributed by atoms with E-state index in [0.717, 1.165) is 17.6 Å². The highest BCUT2D eigenvalue weighted by atomic mass is 19.4. The van der Waals surface area contributed by atoms with E-state index in [1.807, 2.05) is 23.2 Å². The molecule has 0 spiro atoms. The number of alkyl halides is 3. The number of aliphatic imine (C=N–C) groups is 2. The Labute approximate surface area is 216 Å². The predicted octanol–water partition coefficient (Wildman–Crippen LogP) is 2.04. The summed E-state index contributed by atoms with van der Waals surface area (Å²) in [6.45, 7) is 2.23. The van der Waals surface area contributed by atoms with Gasteiger partial charge in [-0.2, -0.15) is 23.5 Å². The van der Waals surface area contributed by atoms with E-state index in [9.17, 15) is 23.2 Å². The van der Waals surface area contributed by atoms with Crippen LogP contribution in [0.3, 0.4) is 0 Å². The number of hydrogen-bond donors (Lipinski definition) is 1. The van der Waals surface area contributed by atoms with Gasteiger partial charge >= 0.3 is 6.18 Å². The zero-order chi connectivity index (χ0) is 26.7. The number of nitrogens with one attached hydrogen (secondary N) is 1. The minimum Gasteiger partial charge on any atom is -0.350 e. The van der Waals surface area contributed by atoms with Gasteiger partial charge in [-0.15, -0.1) is 0 Å². The van der Waals surface area contributed by atoms with Crippen molar-refractivity contribution in [1.82, 2.24) is 34.9 Å². The maximum absolute atomic E-state index is 13.0. The number of piperazine rings is 1. The number of carbonyl (C=O) groups is 1. The van der Waals surface area contributed by atoms with Gasteiger partial charge in [0, 0.05) is 56.6 Å². The van der Waals surface area contributed by atoms with E-state index in [-0.39, 0.29) is 23.7 Å². The molecule has 5 rings (SSSR count). The standard InChI is InChI=1S/C24H25F3N10O/c25-24(26,27)23-30-7-4-19(34-23)22(38)36-10-8-35(9-11-36)17(2-1-5-28)14-37-13-16(12-33-37)20-18-3-6-29-21(18)32-15-31-20/h3-4,6-7,12-13,15,17-18,20H,1-2,8-11,14H2,(H,29,31,32)/t17-,18?,20?/m0/s1. The molecule has 1 fully saturated rings. The maximum atomic E-state index is 13.0. The van der Waals surface area contributed by atoms with Crippen molar-refractivity contribution >= 4 is 18.1 Å². The Morgan fingerprint density at radius 1 is 1.26 bits per heavy atom. The molecule has 3 aliphatic heterocycles. The molecular weight excluding hydrogens is 501 g/mol. The van der Waals surface area contributed by atoms with Crippen molar-refractivity contribution in [3.05, 3.63) is 54.0 Å². The van der Waals surface area contributed by atoms with Crippen LogP contribution in [0.5, 0.6) is 0 Å². The summed E-state index contributed by atoms with van der Waals surface area (Å²) in [5.74, 6) is -0.998. The zero-order valence-corrected chi connectivity index (χ0v) is 20.3. The summed E-state index contributed by atoms with van der Waals surface area (Å²) in [6.07, 6.45) is 6.40. The van der Waals surface area contributed by atoms with Crippen LogP contribution in [0.4, 0.5) is 13.2 Å². The number of carbonyl (C=O) groups excluding carboxylic acids is 1. The largest absolute Gasteiger partial charge is 0.451 e. The van der Waals surface area contributed by atoms with Crippen LogP contribution in [-0.2, 0) is 12.7 Å². The number of amidine groups is 1. The maximum Gasteiger partial charge on any atom is 0.451 e. The van der Waals surface area contributed by atoms with E-state index in [1.165, 1.54) is 11.0 Å². The fourth-order valence-electron chi connectivity index (χ4n) is 4.89. The number of amides is 1. The topological polar surface area (TPSA) is 128 Å². The molecule has 11 nitrogen and oxygen atoms in total. The number of nitriles is 1. The first-order valence-electron chi connectivity index (χ1n) is 12.2. The lowest BCUT2D eigenvalue weighted by Crippen LogP contribution is -2.53. The van der Waals surface area contributed by atoms with Gasteiger partial charge in [0.2, 0.25) is 5.82 Å². The second-order valence-electron chi connectivity index (χ2n) is 9.19. The molecule has 1 N–H and O–H groups in total. The van der Waals surface area contributed by atoms with Crippen molar-refractivity contribution in [3.63, 3.8) is 0 Å². The monoisotopic (exact) mass is 526 g/mol.